The Morgan fingerprint density at radius 2 is 0.795 bits per heavy atom. The molecule has 0 saturated heterocycles. The summed E-state index contributed by atoms with van der Waals surface area (Å²) in [6, 6.07) is 33.5. The smallest absolute Gasteiger partial charge is 0.0587 e. The average Bonchev–Trinajstić information content (AvgIpc) is 3.17. The van der Waals surface area contributed by atoms with Crippen LogP contribution in [0.3, 0.4) is 0 Å². The zero-order valence-corrected chi connectivity index (χ0v) is 25.7. The largest absolute Gasteiger partial charge is 0.0713 e. The topological polar surface area (TPSA) is 0 Å². The minimum Gasteiger partial charge on any atom is -0.0587 e. The molecule has 0 spiro atoms. The van der Waals surface area contributed by atoms with Gasteiger partial charge in [0.15, 0.2) is 0 Å². The Bertz CT molecular complexity index is 1360. The van der Waals surface area contributed by atoms with Gasteiger partial charge in [0.25, 0.3) is 0 Å². The molecule has 0 heteroatoms. The summed E-state index contributed by atoms with van der Waals surface area (Å²) in [6.45, 7) is 23.0. The molecule has 0 nitrogen and oxygen atoms in total. The first-order valence-electron chi connectivity index (χ1n) is 14.8. The fourth-order valence-corrected chi connectivity index (χ4v) is 6.31. The van der Waals surface area contributed by atoms with Crippen LogP contribution in [0.2, 0.25) is 0 Å². The minimum absolute atomic E-state index is 0.112. The van der Waals surface area contributed by atoms with Gasteiger partial charge in [-0.2, -0.15) is 0 Å². The molecule has 0 aromatic heterocycles. The molecular formula is C39H46. The molecule has 5 rings (SSSR count). The number of hydrogen-bond acceptors (Lipinski definition) is 0. The Kier molecular flexibility index (Phi) is 6.69. The van der Waals surface area contributed by atoms with Crippen LogP contribution in [0, 0.1) is 0 Å². The lowest BCUT2D eigenvalue weighted by molar-refractivity contribution is 0.588. The molecule has 0 aliphatic heterocycles. The first-order valence-corrected chi connectivity index (χ1v) is 14.8. The quantitative estimate of drug-likeness (QED) is 0.224. The Balaban J connectivity index is 1.90. The van der Waals surface area contributed by atoms with Gasteiger partial charge in [0, 0.05) is 0 Å². The molecule has 0 unspecified atom stereocenters. The Labute approximate surface area is 237 Å². The van der Waals surface area contributed by atoms with E-state index >= 15 is 0 Å². The average molecular weight is 515 g/mol. The SMILES string of the molecule is CC(C)c1ccc2c(c1)C(c1ccc(C(C)(C)C)cc1)(c1ccc(C(C)(C)C)cc1)c1cc(C(C)C)ccc1-2. The van der Waals surface area contributed by atoms with Crippen molar-refractivity contribution in [2.24, 2.45) is 0 Å². The summed E-state index contributed by atoms with van der Waals surface area (Å²) in [5.74, 6) is 0.934. The number of hydrogen-bond donors (Lipinski definition) is 0. The zero-order valence-electron chi connectivity index (χ0n) is 25.7. The van der Waals surface area contributed by atoms with Gasteiger partial charge in [0.1, 0.15) is 0 Å². The van der Waals surface area contributed by atoms with Crippen molar-refractivity contribution in [3.05, 3.63) is 129 Å². The summed E-state index contributed by atoms with van der Waals surface area (Å²) < 4.78 is 0. The van der Waals surface area contributed by atoms with Gasteiger partial charge in [0.2, 0.25) is 0 Å². The van der Waals surface area contributed by atoms with Crippen LogP contribution >= 0.6 is 0 Å². The van der Waals surface area contributed by atoms with E-state index in [1.54, 1.807) is 0 Å². The molecule has 39 heavy (non-hydrogen) atoms. The summed E-state index contributed by atoms with van der Waals surface area (Å²) in [5.41, 5.74) is 13.6. The van der Waals surface area contributed by atoms with Crippen LogP contribution in [0.4, 0.5) is 0 Å². The van der Waals surface area contributed by atoms with E-state index in [0.29, 0.717) is 11.8 Å². The van der Waals surface area contributed by atoms with Gasteiger partial charge < -0.3 is 0 Å². The van der Waals surface area contributed by atoms with E-state index in [1.807, 2.05) is 0 Å². The molecule has 0 N–H and O–H groups in total. The van der Waals surface area contributed by atoms with Crippen molar-refractivity contribution >= 4 is 0 Å². The lowest BCUT2D eigenvalue weighted by Crippen LogP contribution is -2.29. The summed E-state index contributed by atoms with van der Waals surface area (Å²) in [6.07, 6.45) is 0. The second kappa shape index (κ2) is 9.51. The van der Waals surface area contributed by atoms with Crippen LogP contribution in [-0.2, 0) is 16.2 Å². The van der Waals surface area contributed by atoms with E-state index in [2.05, 4.69) is 154 Å². The third kappa shape index (κ3) is 4.57. The zero-order chi connectivity index (χ0) is 28.3. The maximum atomic E-state index is 2.50. The van der Waals surface area contributed by atoms with Crippen molar-refractivity contribution in [1.29, 1.82) is 0 Å². The van der Waals surface area contributed by atoms with Crippen molar-refractivity contribution < 1.29 is 0 Å². The third-order valence-electron chi connectivity index (χ3n) is 8.89. The lowest BCUT2D eigenvalue weighted by atomic mass is 9.66. The van der Waals surface area contributed by atoms with Crippen molar-refractivity contribution in [3.63, 3.8) is 0 Å². The van der Waals surface area contributed by atoms with Crippen LogP contribution in [0.25, 0.3) is 11.1 Å². The molecule has 0 radical (unpaired) electrons. The van der Waals surface area contributed by atoms with E-state index in [-0.39, 0.29) is 16.2 Å². The first kappa shape index (κ1) is 27.4. The third-order valence-corrected chi connectivity index (χ3v) is 8.89. The molecule has 0 atom stereocenters. The van der Waals surface area contributed by atoms with E-state index in [4.69, 9.17) is 0 Å². The van der Waals surface area contributed by atoms with Gasteiger partial charge in [-0.1, -0.05) is 154 Å². The van der Waals surface area contributed by atoms with E-state index in [9.17, 15) is 0 Å². The highest BCUT2D eigenvalue weighted by molar-refractivity contribution is 5.87. The van der Waals surface area contributed by atoms with Gasteiger partial charge in [-0.15, -0.1) is 0 Å². The van der Waals surface area contributed by atoms with Crippen molar-refractivity contribution in [3.8, 4) is 11.1 Å². The Morgan fingerprint density at radius 1 is 0.462 bits per heavy atom. The van der Waals surface area contributed by atoms with Gasteiger partial charge >= 0.3 is 0 Å². The standard InChI is InChI=1S/C39H46/c1-25(2)27-11-21-33-34-22-12-28(26(3)4)24-36(34)39(35(33)23-27,31-17-13-29(14-18-31)37(5,6)7)32-19-15-30(16-20-32)38(8,9)10/h11-26H,1-10H3. The van der Waals surface area contributed by atoms with Crippen molar-refractivity contribution in [2.45, 2.75) is 97.3 Å². The van der Waals surface area contributed by atoms with Crippen LogP contribution in [0.5, 0.6) is 0 Å². The minimum atomic E-state index is -0.368. The monoisotopic (exact) mass is 514 g/mol. The molecule has 1 aliphatic rings. The predicted octanol–water partition coefficient (Wildman–Crippen LogP) is 10.9. The number of fused-ring (bicyclic) bond motifs is 3. The fourth-order valence-electron chi connectivity index (χ4n) is 6.31. The molecule has 1 aliphatic carbocycles. The molecule has 4 aromatic carbocycles. The van der Waals surface area contributed by atoms with E-state index < -0.39 is 0 Å². The van der Waals surface area contributed by atoms with Gasteiger partial charge in [0.05, 0.1) is 5.41 Å². The van der Waals surface area contributed by atoms with Gasteiger partial charge in [-0.25, -0.2) is 0 Å². The van der Waals surface area contributed by atoms with Gasteiger partial charge in [-0.3, -0.25) is 0 Å². The summed E-state index contributed by atoms with van der Waals surface area (Å²) >= 11 is 0. The van der Waals surface area contributed by atoms with E-state index in [0.717, 1.165) is 0 Å². The fraction of sp³-hybridized carbons (Fsp3) is 0.385. The highest BCUT2D eigenvalue weighted by Crippen LogP contribution is 2.57. The number of rotatable bonds is 4. The lowest BCUT2D eigenvalue weighted by Gasteiger charge is -2.35. The summed E-state index contributed by atoms with van der Waals surface area (Å²) in [7, 11) is 0. The normalized spacial score (nSPS) is 14.6. The molecule has 202 valence electrons. The molecule has 0 fully saturated rings. The maximum absolute atomic E-state index is 2.50. The van der Waals surface area contributed by atoms with Gasteiger partial charge in [-0.05, 0) is 78.3 Å². The molecule has 0 heterocycles. The molecule has 0 amide bonds. The highest BCUT2D eigenvalue weighted by Gasteiger charge is 2.46. The second-order valence-corrected chi connectivity index (χ2v) is 14.3. The van der Waals surface area contributed by atoms with E-state index in [1.165, 1.54) is 55.6 Å². The molecule has 0 saturated carbocycles. The Hall–Kier alpha value is -3.12. The highest BCUT2D eigenvalue weighted by atomic mass is 14.5. The van der Waals surface area contributed by atoms with Crippen LogP contribution in [0.1, 0.15) is 126 Å². The van der Waals surface area contributed by atoms with Crippen molar-refractivity contribution in [2.75, 3.05) is 0 Å². The predicted molar refractivity (Wildman–Crippen MR) is 169 cm³/mol. The summed E-state index contributed by atoms with van der Waals surface area (Å²) in [4.78, 5) is 0. The van der Waals surface area contributed by atoms with Crippen LogP contribution in [-0.4, -0.2) is 0 Å². The maximum Gasteiger partial charge on any atom is 0.0713 e. The van der Waals surface area contributed by atoms with Crippen LogP contribution in [0.15, 0.2) is 84.9 Å². The molecule has 4 aromatic rings. The summed E-state index contributed by atoms with van der Waals surface area (Å²) in [5, 5.41) is 0. The number of benzene rings is 4. The van der Waals surface area contributed by atoms with Crippen molar-refractivity contribution in [1.82, 2.24) is 0 Å². The molecular weight excluding hydrogens is 468 g/mol. The second-order valence-electron chi connectivity index (χ2n) is 14.3. The Morgan fingerprint density at radius 3 is 1.08 bits per heavy atom. The first-order chi connectivity index (χ1) is 18.2. The van der Waals surface area contributed by atoms with Crippen LogP contribution < -0.4 is 0 Å². The molecule has 0 bridgehead atoms.